The first-order valence-electron chi connectivity index (χ1n) is 10.1. The maximum Gasteiger partial charge on any atom is 0.401 e. The molecule has 0 spiro atoms. The van der Waals surface area contributed by atoms with Crippen molar-refractivity contribution in [3.8, 4) is 11.4 Å². The lowest BCUT2D eigenvalue weighted by atomic mass is 9.85. The lowest BCUT2D eigenvalue weighted by molar-refractivity contribution is -0.143. The first kappa shape index (κ1) is 20.7. The van der Waals surface area contributed by atoms with Crippen LogP contribution in [0.5, 0.6) is 0 Å². The molecule has 2 fully saturated rings. The van der Waals surface area contributed by atoms with E-state index in [0.29, 0.717) is 24.4 Å². The average molecular weight is 423 g/mol. The number of rotatable bonds is 5. The minimum atomic E-state index is -4.20. The topological polar surface area (TPSA) is 88.8 Å². The van der Waals surface area contributed by atoms with Crippen molar-refractivity contribution in [2.75, 3.05) is 19.6 Å². The van der Waals surface area contributed by atoms with Gasteiger partial charge in [0.15, 0.2) is 0 Å². The standard InChI is InChI=1S/C19H24F3N7O/c20-19(21,22)12-28-8-5-14(10-28)25-18(30)13-1-3-15(4-2-13)29-11-17(26-27-29)16-9-23-6-7-24-16/h6-7,9,11,13-15H,1-5,8,10,12H2,(H,25,30). The Morgan fingerprint density at radius 1 is 1.13 bits per heavy atom. The van der Waals surface area contributed by atoms with Gasteiger partial charge in [0, 0.05) is 37.4 Å². The highest BCUT2D eigenvalue weighted by Gasteiger charge is 2.36. The highest BCUT2D eigenvalue weighted by atomic mass is 19.4. The van der Waals surface area contributed by atoms with Gasteiger partial charge in [-0.25, -0.2) is 4.68 Å². The molecule has 3 heterocycles. The van der Waals surface area contributed by atoms with Crippen LogP contribution in [0.1, 0.15) is 38.1 Å². The van der Waals surface area contributed by atoms with Gasteiger partial charge >= 0.3 is 6.18 Å². The van der Waals surface area contributed by atoms with Crippen LogP contribution in [0.2, 0.25) is 0 Å². The van der Waals surface area contributed by atoms with E-state index in [4.69, 9.17) is 0 Å². The van der Waals surface area contributed by atoms with Gasteiger partial charge in [0.05, 0.1) is 25.0 Å². The first-order valence-corrected chi connectivity index (χ1v) is 10.1. The van der Waals surface area contributed by atoms with Gasteiger partial charge in [-0.05, 0) is 32.1 Å². The van der Waals surface area contributed by atoms with Crippen molar-refractivity contribution in [2.24, 2.45) is 5.92 Å². The van der Waals surface area contributed by atoms with Crippen molar-refractivity contribution in [1.29, 1.82) is 0 Å². The highest BCUT2D eigenvalue weighted by Crippen LogP contribution is 2.32. The quantitative estimate of drug-likeness (QED) is 0.793. The first-order chi connectivity index (χ1) is 14.4. The summed E-state index contributed by atoms with van der Waals surface area (Å²) < 4.78 is 39.4. The van der Waals surface area contributed by atoms with Crippen LogP contribution in [0.3, 0.4) is 0 Å². The van der Waals surface area contributed by atoms with Crippen LogP contribution in [0.25, 0.3) is 11.4 Å². The predicted octanol–water partition coefficient (Wildman–Crippen LogP) is 2.22. The third kappa shape index (κ3) is 5.13. The number of nitrogens with one attached hydrogen (secondary N) is 1. The molecule has 4 rings (SSSR count). The normalized spacial score (nSPS) is 25.4. The molecule has 11 heteroatoms. The fraction of sp³-hybridized carbons (Fsp3) is 0.632. The minimum absolute atomic E-state index is 0.0499. The smallest absolute Gasteiger partial charge is 0.352 e. The van der Waals surface area contributed by atoms with Crippen LogP contribution in [-0.4, -0.2) is 67.6 Å². The van der Waals surface area contributed by atoms with E-state index in [0.717, 1.165) is 25.7 Å². The van der Waals surface area contributed by atoms with Crippen LogP contribution < -0.4 is 5.32 Å². The van der Waals surface area contributed by atoms with E-state index >= 15 is 0 Å². The summed E-state index contributed by atoms with van der Waals surface area (Å²) in [6, 6.07) is -0.0387. The fourth-order valence-corrected chi connectivity index (χ4v) is 4.27. The summed E-state index contributed by atoms with van der Waals surface area (Å²) in [5.74, 6) is -0.160. The third-order valence-electron chi connectivity index (χ3n) is 5.80. The Bertz CT molecular complexity index is 849. The van der Waals surface area contributed by atoms with E-state index in [-0.39, 0.29) is 30.5 Å². The molecule has 2 aromatic heterocycles. The summed E-state index contributed by atoms with van der Waals surface area (Å²) in [6.07, 6.45) is 6.07. The zero-order chi connectivity index (χ0) is 21.1. The van der Waals surface area contributed by atoms with Crippen LogP contribution >= 0.6 is 0 Å². The van der Waals surface area contributed by atoms with Crippen molar-refractivity contribution in [3.63, 3.8) is 0 Å². The molecule has 2 aliphatic rings. The Kier molecular flexibility index (Phi) is 5.98. The number of halogens is 3. The molecule has 1 atom stereocenters. The molecule has 1 aliphatic heterocycles. The van der Waals surface area contributed by atoms with E-state index in [1.807, 2.05) is 10.9 Å². The summed E-state index contributed by atoms with van der Waals surface area (Å²) in [6.45, 7) is -0.304. The monoisotopic (exact) mass is 423 g/mol. The Balaban J connectivity index is 1.25. The lowest BCUT2D eigenvalue weighted by Gasteiger charge is -2.28. The number of carbonyl (C=O) groups excluding carboxylic acids is 1. The van der Waals surface area contributed by atoms with E-state index in [1.165, 1.54) is 4.90 Å². The largest absolute Gasteiger partial charge is 0.401 e. The number of hydrogen-bond acceptors (Lipinski definition) is 6. The number of aromatic nitrogens is 5. The van der Waals surface area contributed by atoms with Gasteiger partial charge in [-0.15, -0.1) is 5.10 Å². The Labute approximate surface area is 171 Å². The van der Waals surface area contributed by atoms with E-state index in [2.05, 4.69) is 25.6 Å². The predicted molar refractivity (Wildman–Crippen MR) is 101 cm³/mol. The molecule has 1 saturated carbocycles. The summed E-state index contributed by atoms with van der Waals surface area (Å²) >= 11 is 0. The van der Waals surface area contributed by atoms with Crippen LogP contribution in [0.4, 0.5) is 13.2 Å². The summed E-state index contributed by atoms with van der Waals surface area (Å²) in [5.41, 5.74) is 1.32. The van der Waals surface area contributed by atoms with Crippen LogP contribution in [0, 0.1) is 5.92 Å². The molecule has 162 valence electrons. The second-order valence-corrected chi connectivity index (χ2v) is 8.02. The highest BCUT2D eigenvalue weighted by molar-refractivity contribution is 5.79. The van der Waals surface area contributed by atoms with Gasteiger partial charge in [0.25, 0.3) is 0 Å². The number of amides is 1. The Morgan fingerprint density at radius 3 is 2.63 bits per heavy atom. The van der Waals surface area contributed by atoms with Gasteiger partial charge in [-0.2, -0.15) is 13.2 Å². The second kappa shape index (κ2) is 8.66. The van der Waals surface area contributed by atoms with Crippen molar-refractivity contribution in [3.05, 3.63) is 24.8 Å². The third-order valence-corrected chi connectivity index (χ3v) is 5.80. The zero-order valence-corrected chi connectivity index (χ0v) is 16.4. The molecule has 1 N–H and O–H groups in total. The lowest BCUT2D eigenvalue weighted by Crippen LogP contribution is -2.42. The second-order valence-electron chi connectivity index (χ2n) is 8.02. The van der Waals surface area contributed by atoms with Gasteiger partial charge in [0.2, 0.25) is 5.91 Å². The molecule has 8 nitrogen and oxygen atoms in total. The molecular weight excluding hydrogens is 399 g/mol. The molecule has 1 saturated heterocycles. The molecule has 0 aromatic carbocycles. The Hall–Kier alpha value is -2.56. The van der Waals surface area contributed by atoms with E-state index in [9.17, 15) is 18.0 Å². The zero-order valence-electron chi connectivity index (χ0n) is 16.4. The summed E-state index contributed by atoms with van der Waals surface area (Å²) in [5, 5.41) is 11.3. The number of nitrogens with zero attached hydrogens (tertiary/aromatic N) is 6. The number of hydrogen-bond donors (Lipinski definition) is 1. The van der Waals surface area contributed by atoms with Crippen molar-refractivity contribution in [2.45, 2.75) is 50.4 Å². The van der Waals surface area contributed by atoms with E-state index in [1.54, 1.807) is 18.6 Å². The summed E-state index contributed by atoms with van der Waals surface area (Å²) in [4.78, 5) is 22.2. The van der Waals surface area contributed by atoms with Crippen molar-refractivity contribution < 1.29 is 18.0 Å². The number of carbonyl (C=O) groups is 1. The van der Waals surface area contributed by atoms with Gasteiger partial charge in [0.1, 0.15) is 11.4 Å². The number of likely N-dealkylation sites (tertiary alicyclic amines) is 1. The SMILES string of the molecule is O=C(NC1CCN(CC(F)(F)F)C1)C1CCC(n2cc(-c3cnccn3)nn2)CC1. The van der Waals surface area contributed by atoms with Gasteiger partial charge in [-0.1, -0.05) is 5.21 Å². The minimum Gasteiger partial charge on any atom is -0.352 e. The molecule has 1 aliphatic carbocycles. The average Bonchev–Trinajstić information content (AvgIpc) is 3.37. The van der Waals surface area contributed by atoms with Gasteiger partial charge < -0.3 is 5.32 Å². The van der Waals surface area contributed by atoms with Crippen molar-refractivity contribution >= 4 is 5.91 Å². The molecule has 1 amide bonds. The molecule has 30 heavy (non-hydrogen) atoms. The van der Waals surface area contributed by atoms with Crippen LogP contribution in [-0.2, 0) is 4.79 Å². The van der Waals surface area contributed by atoms with Gasteiger partial charge in [-0.3, -0.25) is 19.7 Å². The molecule has 0 radical (unpaired) electrons. The van der Waals surface area contributed by atoms with Crippen LogP contribution in [0.15, 0.2) is 24.8 Å². The van der Waals surface area contributed by atoms with E-state index < -0.39 is 12.7 Å². The maximum absolute atomic E-state index is 12.6. The fourth-order valence-electron chi connectivity index (χ4n) is 4.27. The Morgan fingerprint density at radius 2 is 1.93 bits per heavy atom. The molecule has 1 unspecified atom stereocenters. The van der Waals surface area contributed by atoms with Crippen molar-refractivity contribution in [1.82, 2.24) is 35.2 Å². The molecular formula is C19H24F3N7O. The summed E-state index contributed by atoms with van der Waals surface area (Å²) in [7, 11) is 0. The molecule has 0 bridgehead atoms. The molecule has 2 aromatic rings. The maximum atomic E-state index is 12.6. The number of alkyl halides is 3.